The number of rotatable bonds is 7. The topological polar surface area (TPSA) is 64.6 Å². The number of hydrogen-bond donors (Lipinski definition) is 3. The Balaban J connectivity index is 1.67. The second kappa shape index (κ2) is 7.53. The lowest BCUT2D eigenvalue weighted by Gasteiger charge is -2.56. The van der Waals surface area contributed by atoms with Gasteiger partial charge in [-0.25, -0.2) is 0 Å². The van der Waals surface area contributed by atoms with Crippen molar-refractivity contribution in [2.24, 2.45) is 23.7 Å². The van der Waals surface area contributed by atoms with Crippen LogP contribution in [0, 0.1) is 23.7 Å². The van der Waals surface area contributed by atoms with Gasteiger partial charge in [-0.2, -0.15) is 0 Å². The van der Waals surface area contributed by atoms with Crippen molar-refractivity contribution in [2.45, 2.75) is 38.3 Å². The van der Waals surface area contributed by atoms with Crippen LogP contribution in [0.25, 0.3) is 0 Å². The number of aliphatic hydroxyl groups is 1. The minimum atomic E-state index is -0.513. The van der Waals surface area contributed by atoms with E-state index in [1.54, 1.807) is 0 Å². The molecule has 1 aromatic rings. The van der Waals surface area contributed by atoms with Crippen molar-refractivity contribution < 1.29 is 9.90 Å². The van der Waals surface area contributed by atoms with Gasteiger partial charge >= 0.3 is 0 Å². The first-order valence-corrected chi connectivity index (χ1v) is 10.5. The highest BCUT2D eigenvalue weighted by molar-refractivity contribution is 5.87. The Hall–Kier alpha value is -1.43. The number of amides is 1. The van der Waals surface area contributed by atoms with Gasteiger partial charge in [0.05, 0.1) is 6.61 Å². The number of fused-ring (bicyclic) bond motifs is 1. The molecule has 4 fully saturated rings. The summed E-state index contributed by atoms with van der Waals surface area (Å²) in [4.78, 5) is 16.0. The molecule has 3 heterocycles. The molecule has 0 radical (unpaired) electrons. The van der Waals surface area contributed by atoms with Crippen molar-refractivity contribution in [1.29, 1.82) is 0 Å². The highest BCUT2D eigenvalue weighted by Gasteiger charge is 2.64. The maximum atomic E-state index is 13.3. The molecule has 0 unspecified atom stereocenters. The fraction of sp³-hybridized carbons (Fsp3) is 0.682. The maximum absolute atomic E-state index is 13.3. The van der Waals surface area contributed by atoms with Crippen LogP contribution >= 0.6 is 0 Å². The van der Waals surface area contributed by atoms with Gasteiger partial charge in [0.2, 0.25) is 5.91 Å². The predicted molar refractivity (Wildman–Crippen MR) is 106 cm³/mol. The van der Waals surface area contributed by atoms with Gasteiger partial charge in [0, 0.05) is 38.1 Å². The number of piperidine rings is 2. The molecule has 0 aromatic heterocycles. The number of carbonyl (C=O) groups is 1. The van der Waals surface area contributed by atoms with E-state index in [1.807, 2.05) is 0 Å². The Morgan fingerprint density at radius 2 is 2.15 bits per heavy atom. The molecule has 148 valence electrons. The smallest absolute Gasteiger partial charge is 0.240 e. The Bertz CT molecular complexity index is 665. The van der Waals surface area contributed by atoms with Crippen LogP contribution in [0.5, 0.6) is 0 Å². The van der Waals surface area contributed by atoms with E-state index < -0.39 is 5.54 Å². The normalized spacial score (nSPS) is 35.0. The van der Waals surface area contributed by atoms with Gasteiger partial charge in [-0.1, -0.05) is 44.2 Å². The lowest BCUT2D eigenvalue weighted by molar-refractivity contribution is -0.138. The number of benzene rings is 1. The van der Waals surface area contributed by atoms with Crippen LogP contribution in [-0.2, 0) is 11.2 Å². The highest BCUT2D eigenvalue weighted by atomic mass is 16.3. The third-order valence-corrected chi connectivity index (χ3v) is 6.92. The molecule has 27 heavy (non-hydrogen) atoms. The Morgan fingerprint density at radius 3 is 2.85 bits per heavy atom. The van der Waals surface area contributed by atoms with Crippen LogP contribution in [0.2, 0.25) is 0 Å². The first-order chi connectivity index (χ1) is 13.0. The number of nitrogens with zero attached hydrogens (tertiary/aromatic N) is 1. The first kappa shape index (κ1) is 18.9. The van der Waals surface area contributed by atoms with Gasteiger partial charge in [0.25, 0.3) is 0 Å². The molecule has 5 nitrogen and oxygen atoms in total. The second-order valence-corrected chi connectivity index (χ2v) is 9.09. The van der Waals surface area contributed by atoms with E-state index in [4.69, 9.17) is 0 Å². The van der Waals surface area contributed by atoms with E-state index in [-0.39, 0.29) is 18.4 Å². The summed E-state index contributed by atoms with van der Waals surface area (Å²) in [6.07, 6.45) is 1.83. The van der Waals surface area contributed by atoms with E-state index in [2.05, 4.69) is 59.7 Å². The van der Waals surface area contributed by atoms with Crippen LogP contribution < -0.4 is 10.6 Å². The molecule has 5 rings (SSSR count). The molecular formula is C22H33N3O2. The summed E-state index contributed by atoms with van der Waals surface area (Å²) in [5, 5.41) is 15.8. The van der Waals surface area contributed by atoms with E-state index in [9.17, 15) is 9.90 Å². The van der Waals surface area contributed by atoms with E-state index in [0.717, 1.165) is 32.5 Å². The highest BCUT2D eigenvalue weighted by Crippen LogP contribution is 2.52. The lowest BCUT2D eigenvalue weighted by Crippen LogP contribution is -2.74. The number of likely N-dealkylation sites (tertiary alicyclic amines) is 1. The average Bonchev–Trinajstić information content (AvgIpc) is 2.95. The van der Waals surface area contributed by atoms with Crippen molar-refractivity contribution >= 4 is 5.91 Å². The predicted octanol–water partition coefficient (Wildman–Crippen LogP) is 1.27. The molecule has 1 aromatic carbocycles. The van der Waals surface area contributed by atoms with E-state index >= 15 is 0 Å². The molecule has 5 atom stereocenters. The summed E-state index contributed by atoms with van der Waals surface area (Å²) >= 11 is 0. The quantitative estimate of drug-likeness (QED) is 0.675. The van der Waals surface area contributed by atoms with Gasteiger partial charge in [-0.3, -0.25) is 9.69 Å². The molecule has 3 aliphatic heterocycles. The van der Waals surface area contributed by atoms with Gasteiger partial charge in [-0.05, 0) is 36.2 Å². The summed E-state index contributed by atoms with van der Waals surface area (Å²) in [5.41, 5.74) is 0.792. The zero-order chi connectivity index (χ0) is 19.0. The summed E-state index contributed by atoms with van der Waals surface area (Å²) in [5.74, 6) is 2.21. The van der Waals surface area contributed by atoms with Crippen LogP contribution in [0.3, 0.4) is 0 Å². The Morgan fingerprint density at radius 1 is 1.37 bits per heavy atom. The molecule has 5 heteroatoms. The van der Waals surface area contributed by atoms with Crippen molar-refractivity contribution in [2.75, 3.05) is 32.8 Å². The molecule has 4 bridgehead atoms. The fourth-order valence-electron chi connectivity index (χ4n) is 6.02. The summed E-state index contributed by atoms with van der Waals surface area (Å²) < 4.78 is 0. The van der Waals surface area contributed by atoms with Crippen molar-refractivity contribution in [3.8, 4) is 0 Å². The first-order valence-electron chi connectivity index (χ1n) is 10.5. The Kier molecular flexibility index (Phi) is 5.28. The second-order valence-electron chi connectivity index (χ2n) is 9.09. The number of aliphatic hydroxyl groups excluding tert-OH is 1. The molecule has 1 saturated carbocycles. The molecule has 1 aliphatic carbocycles. The summed E-state index contributed by atoms with van der Waals surface area (Å²) in [7, 11) is 0. The molecule has 0 spiro atoms. The fourth-order valence-corrected chi connectivity index (χ4v) is 6.02. The van der Waals surface area contributed by atoms with Crippen LogP contribution in [0.4, 0.5) is 0 Å². The number of nitrogens with one attached hydrogen (secondary N) is 2. The average molecular weight is 372 g/mol. The maximum Gasteiger partial charge on any atom is 0.240 e. The largest absolute Gasteiger partial charge is 0.395 e. The van der Waals surface area contributed by atoms with Crippen LogP contribution in [-0.4, -0.2) is 60.3 Å². The minimum Gasteiger partial charge on any atom is -0.395 e. The van der Waals surface area contributed by atoms with Crippen molar-refractivity contribution in [1.82, 2.24) is 15.5 Å². The zero-order valence-corrected chi connectivity index (χ0v) is 16.5. The molecule has 3 saturated heterocycles. The van der Waals surface area contributed by atoms with Gasteiger partial charge < -0.3 is 15.7 Å². The van der Waals surface area contributed by atoms with E-state index in [1.165, 1.54) is 5.56 Å². The summed E-state index contributed by atoms with van der Waals surface area (Å²) in [6.45, 7) is 8.05. The van der Waals surface area contributed by atoms with E-state index in [0.29, 0.717) is 30.3 Å². The molecular weight excluding hydrogens is 338 g/mol. The molecule has 4 aliphatic rings. The van der Waals surface area contributed by atoms with Crippen molar-refractivity contribution in [3.05, 3.63) is 35.9 Å². The van der Waals surface area contributed by atoms with Crippen LogP contribution in [0.1, 0.15) is 25.8 Å². The third kappa shape index (κ3) is 3.30. The lowest BCUT2D eigenvalue weighted by atomic mass is 9.58. The number of carbonyl (C=O) groups excluding carboxylic acids is 1. The van der Waals surface area contributed by atoms with Gasteiger partial charge in [0.1, 0.15) is 5.54 Å². The minimum absolute atomic E-state index is 0.0138. The zero-order valence-electron chi connectivity index (χ0n) is 16.5. The molecule has 3 N–H and O–H groups in total. The van der Waals surface area contributed by atoms with Gasteiger partial charge in [-0.15, -0.1) is 0 Å². The van der Waals surface area contributed by atoms with Crippen LogP contribution in [0.15, 0.2) is 30.3 Å². The van der Waals surface area contributed by atoms with Crippen molar-refractivity contribution in [3.63, 3.8) is 0 Å². The molecule has 1 amide bonds. The number of hydrogen-bond acceptors (Lipinski definition) is 4. The SMILES string of the molecule is CC(C)CN1C[C@H]2C[C@]3(C(=O)NCCO)NC[C@H]2[C@@H]1[C@@H]3Cc1ccccc1. The monoisotopic (exact) mass is 371 g/mol. The van der Waals surface area contributed by atoms with Gasteiger partial charge in [0.15, 0.2) is 0 Å². The third-order valence-electron chi connectivity index (χ3n) is 6.92. The Labute approximate surface area is 162 Å². The summed E-state index contributed by atoms with van der Waals surface area (Å²) in [6, 6.07) is 11.1. The standard InChI is InChI=1S/C22H33N3O2/c1-15(2)13-25-14-17-11-22(21(27)23-8-9-26)19(20(25)18(17)12-24-22)10-16-6-4-3-5-7-16/h3-7,15,17-20,24,26H,8-14H2,1-2H3,(H,23,27)/t17-,18-,19+,20-,22+/m1/s1.